The minimum atomic E-state index is -4.29. The van der Waals surface area contributed by atoms with Crippen molar-refractivity contribution < 1.29 is 18.0 Å². The highest BCUT2D eigenvalue weighted by molar-refractivity contribution is 7.18. The Morgan fingerprint density at radius 1 is 1.04 bits per heavy atom. The molecule has 4 aromatic rings. The Bertz CT molecular complexity index is 1800. The summed E-state index contributed by atoms with van der Waals surface area (Å²) in [4.78, 5) is 27.2. The number of hydrogen-bond donors (Lipinski definition) is 3. The smallest absolute Gasteiger partial charge is 0.369 e. The highest BCUT2D eigenvalue weighted by atomic mass is 32.1. The number of alkyl halides is 3. The summed E-state index contributed by atoms with van der Waals surface area (Å²) in [5.74, 6) is 0.222. The van der Waals surface area contributed by atoms with Crippen molar-refractivity contribution >= 4 is 50.1 Å². The average Bonchev–Trinajstić information content (AvgIpc) is 3.58. The molecule has 0 radical (unpaired) electrons. The van der Waals surface area contributed by atoms with E-state index in [1.54, 1.807) is 0 Å². The number of nitrogens with two attached hydrogens (primary N) is 2. The highest BCUT2D eigenvalue weighted by Gasteiger charge is 2.30. The molecule has 0 spiro atoms. The molecule has 0 saturated carbocycles. The molecule has 2 aliphatic rings. The van der Waals surface area contributed by atoms with E-state index in [9.17, 15) is 23.2 Å². The van der Waals surface area contributed by atoms with Crippen molar-refractivity contribution in [3.05, 3.63) is 46.0 Å². The van der Waals surface area contributed by atoms with Crippen molar-refractivity contribution in [3.8, 4) is 6.07 Å². The first-order valence-corrected chi connectivity index (χ1v) is 16.6. The van der Waals surface area contributed by atoms with E-state index in [0.29, 0.717) is 34.8 Å². The molecule has 1 amide bonds. The predicted octanol–water partition coefficient (Wildman–Crippen LogP) is 3.69. The summed E-state index contributed by atoms with van der Waals surface area (Å²) < 4.78 is 41.1. The molecule has 2 saturated heterocycles. The monoisotopic (exact) mass is 668 g/mol. The third-order valence-electron chi connectivity index (χ3n) is 9.22. The molecule has 2 fully saturated rings. The van der Waals surface area contributed by atoms with Gasteiger partial charge in [0.05, 0.1) is 18.4 Å². The van der Waals surface area contributed by atoms with Gasteiger partial charge < -0.3 is 21.4 Å². The summed E-state index contributed by atoms with van der Waals surface area (Å²) >= 11 is 0.997. The lowest BCUT2D eigenvalue weighted by Gasteiger charge is -2.34. The van der Waals surface area contributed by atoms with Crippen LogP contribution in [0.1, 0.15) is 34.5 Å². The minimum absolute atomic E-state index is 0.0389. The number of likely N-dealkylation sites (tertiary alicyclic amines) is 1. The standard InChI is InChI=1S/C32H39F3N10OS/c1-20-21(2-3-27-25(20)14-23(17-36)45(27)13-12-42-8-10-44(11-9-42)19-28(37)46)18-43-6-4-22(5-7-43)39-29-26-15-24(16-32(33,34)35)47-30(26)41-31(38)40-29/h2-3,14-15,22H,4-13,16,18-19H2,1H3,(H2,37,46)(H3,38,39,40,41). The van der Waals surface area contributed by atoms with Gasteiger partial charge in [-0.05, 0) is 49.1 Å². The molecular weight excluding hydrogens is 629 g/mol. The van der Waals surface area contributed by atoms with E-state index < -0.39 is 12.6 Å². The van der Waals surface area contributed by atoms with Crippen LogP contribution in [0.25, 0.3) is 21.1 Å². The maximum absolute atomic E-state index is 13.0. The maximum Gasteiger partial charge on any atom is 0.393 e. The van der Waals surface area contributed by atoms with Crippen LogP contribution in [-0.4, -0.2) is 99.7 Å². The summed E-state index contributed by atoms with van der Waals surface area (Å²) in [6.45, 7) is 9.74. The number of nitriles is 1. The van der Waals surface area contributed by atoms with Crippen LogP contribution in [0.2, 0.25) is 0 Å². The van der Waals surface area contributed by atoms with Crippen LogP contribution in [0.3, 0.4) is 0 Å². The van der Waals surface area contributed by atoms with Crippen molar-refractivity contribution in [1.29, 1.82) is 5.26 Å². The summed E-state index contributed by atoms with van der Waals surface area (Å²) in [7, 11) is 0. The van der Waals surface area contributed by atoms with Crippen molar-refractivity contribution in [3.63, 3.8) is 0 Å². The topological polar surface area (TPSA) is 145 Å². The van der Waals surface area contributed by atoms with Gasteiger partial charge in [-0.1, -0.05) is 6.07 Å². The number of primary amides is 1. The molecular formula is C32H39F3N10OS. The van der Waals surface area contributed by atoms with Crippen molar-refractivity contribution in [2.45, 2.75) is 51.5 Å². The van der Waals surface area contributed by atoms with Crippen LogP contribution in [0.15, 0.2) is 24.3 Å². The Morgan fingerprint density at radius 3 is 2.45 bits per heavy atom. The molecule has 0 aliphatic carbocycles. The Morgan fingerprint density at radius 2 is 1.77 bits per heavy atom. The quantitative estimate of drug-likeness (QED) is 0.230. The number of anilines is 2. The number of thiophene rings is 1. The predicted molar refractivity (Wildman–Crippen MR) is 177 cm³/mol. The van der Waals surface area contributed by atoms with Gasteiger partial charge in [0.2, 0.25) is 11.9 Å². The molecule has 2 aliphatic heterocycles. The number of nitrogens with one attached hydrogen (secondary N) is 1. The summed E-state index contributed by atoms with van der Waals surface area (Å²) in [6, 6.07) is 10.3. The van der Waals surface area contributed by atoms with Gasteiger partial charge in [-0.2, -0.15) is 23.4 Å². The number of rotatable bonds is 10. The van der Waals surface area contributed by atoms with E-state index in [4.69, 9.17) is 11.5 Å². The molecule has 15 heteroatoms. The number of piperidine rings is 1. The summed E-state index contributed by atoms with van der Waals surface area (Å²) in [5.41, 5.74) is 15.3. The lowest BCUT2D eigenvalue weighted by molar-refractivity contribution is -0.126. The van der Waals surface area contributed by atoms with E-state index in [1.165, 1.54) is 17.2 Å². The maximum atomic E-state index is 13.0. The van der Waals surface area contributed by atoms with Gasteiger partial charge in [-0.25, -0.2) is 4.98 Å². The van der Waals surface area contributed by atoms with Gasteiger partial charge in [-0.3, -0.25) is 19.5 Å². The third kappa shape index (κ3) is 7.78. The van der Waals surface area contributed by atoms with Gasteiger partial charge in [0.1, 0.15) is 22.4 Å². The van der Waals surface area contributed by atoms with Gasteiger partial charge in [-0.15, -0.1) is 11.3 Å². The number of carbonyl (C=O) groups is 1. The van der Waals surface area contributed by atoms with Crippen LogP contribution in [0.5, 0.6) is 0 Å². The fraction of sp³-hybridized carbons (Fsp3) is 0.500. The summed E-state index contributed by atoms with van der Waals surface area (Å²) in [5, 5.41) is 15.0. The van der Waals surface area contributed by atoms with Crippen LogP contribution in [0.4, 0.5) is 24.9 Å². The fourth-order valence-corrected chi connectivity index (χ4v) is 7.78. The number of benzene rings is 1. The molecule has 6 rings (SSSR count). The Kier molecular flexibility index (Phi) is 9.56. The molecule has 5 heterocycles. The van der Waals surface area contributed by atoms with Crippen LogP contribution in [-0.2, 0) is 24.3 Å². The summed E-state index contributed by atoms with van der Waals surface area (Å²) in [6.07, 6.45) is -3.61. The Hall–Kier alpha value is -3.97. The zero-order valence-corrected chi connectivity index (χ0v) is 27.1. The first-order valence-electron chi connectivity index (χ1n) is 15.8. The second kappa shape index (κ2) is 13.6. The average molecular weight is 669 g/mol. The second-order valence-corrected chi connectivity index (χ2v) is 13.6. The Balaban J connectivity index is 1.07. The van der Waals surface area contributed by atoms with Crippen molar-refractivity contribution in [1.82, 2.24) is 29.2 Å². The number of nitrogens with zero attached hydrogens (tertiary/aromatic N) is 7. The first-order chi connectivity index (χ1) is 22.5. The number of hydrogen-bond acceptors (Lipinski definition) is 10. The van der Waals surface area contributed by atoms with Crippen LogP contribution in [0, 0.1) is 18.3 Å². The number of carbonyl (C=O) groups excluding carboxylic acids is 1. The first kappa shape index (κ1) is 33.0. The molecule has 250 valence electrons. The molecule has 1 aromatic carbocycles. The minimum Gasteiger partial charge on any atom is -0.369 e. The number of fused-ring (bicyclic) bond motifs is 2. The molecule has 5 N–H and O–H groups in total. The largest absolute Gasteiger partial charge is 0.393 e. The SMILES string of the molecule is Cc1c(CN2CCC(Nc3nc(N)nc4sc(CC(F)(F)F)cc34)CC2)ccc2c1cc(C#N)n2CCN1CCN(CC(N)=O)CC1. The lowest BCUT2D eigenvalue weighted by Crippen LogP contribution is -2.49. The normalized spacial score (nSPS) is 17.4. The second-order valence-electron chi connectivity index (χ2n) is 12.5. The van der Waals surface area contributed by atoms with E-state index in [0.717, 1.165) is 87.4 Å². The van der Waals surface area contributed by atoms with Gasteiger partial charge >= 0.3 is 6.18 Å². The number of nitrogen functional groups attached to an aromatic ring is 1. The Labute approximate surface area is 274 Å². The molecule has 0 unspecified atom stereocenters. The number of amides is 1. The van der Waals surface area contributed by atoms with Crippen LogP contribution < -0.4 is 16.8 Å². The van der Waals surface area contributed by atoms with E-state index >= 15 is 0 Å². The lowest BCUT2D eigenvalue weighted by atomic mass is 10.0. The number of piperazine rings is 1. The number of aryl methyl sites for hydroxylation is 1. The highest BCUT2D eigenvalue weighted by Crippen LogP contribution is 2.34. The third-order valence-corrected chi connectivity index (χ3v) is 10.3. The van der Waals surface area contributed by atoms with Gasteiger partial charge in [0, 0.05) is 80.7 Å². The van der Waals surface area contributed by atoms with Crippen molar-refractivity contribution in [2.75, 3.05) is 63.4 Å². The molecule has 3 aromatic heterocycles. The van der Waals surface area contributed by atoms with Gasteiger partial charge in [0.25, 0.3) is 0 Å². The fourth-order valence-electron chi connectivity index (χ4n) is 6.71. The van der Waals surface area contributed by atoms with E-state index in [2.05, 4.69) is 59.7 Å². The van der Waals surface area contributed by atoms with Gasteiger partial charge in [0.15, 0.2) is 0 Å². The number of aromatic nitrogens is 3. The molecule has 0 bridgehead atoms. The molecule has 0 atom stereocenters. The molecule has 47 heavy (non-hydrogen) atoms. The molecule has 11 nitrogen and oxygen atoms in total. The van der Waals surface area contributed by atoms with E-state index in [-0.39, 0.29) is 22.8 Å². The zero-order chi connectivity index (χ0) is 33.3. The number of halogens is 3. The van der Waals surface area contributed by atoms with Crippen LogP contribution >= 0.6 is 11.3 Å². The van der Waals surface area contributed by atoms with Crippen molar-refractivity contribution in [2.24, 2.45) is 5.73 Å². The zero-order valence-electron chi connectivity index (χ0n) is 26.3. The van der Waals surface area contributed by atoms with E-state index in [1.807, 2.05) is 6.07 Å².